The van der Waals surface area contributed by atoms with E-state index >= 15 is 0 Å². The highest BCUT2D eigenvalue weighted by atomic mass is 35.5. The van der Waals surface area contributed by atoms with Crippen molar-refractivity contribution in [2.24, 2.45) is 0 Å². The maximum atomic E-state index is 13.0. The number of fused-ring (bicyclic) bond motifs is 1. The zero-order chi connectivity index (χ0) is 21.0. The van der Waals surface area contributed by atoms with Gasteiger partial charge in [-0.2, -0.15) is 0 Å². The number of hydrogen-bond acceptors (Lipinski definition) is 4. The molecule has 0 fully saturated rings. The van der Waals surface area contributed by atoms with Crippen LogP contribution in [-0.4, -0.2) is 45.6 Å². The van der Waals surface area contributed by atoms with Crippen LogP contribution in [0.15, 0.2) is 53.6 Å². The maximum absolute atomic E-state index is 13.0. The summed E-state index contributed by atoms with van der Waals surface area (Å²) >= 11 is 5.94. The number of aromatic amines is 1. The molecule has 0 aliphatic carbocycles. The van der Waals surface area contributed by atoms with Crippen molar-refractivity contribution in [2.75, 3.05) is 18.9 Å². The van der Waals surface area contributed by atoms with Gasteiger partial charge in [0, 0.05) is 24.3 Å². The van der Waals surface area contributed by atoms with E-state index in [9.17, 15) is 14.4 Å². The first-order valence-electron chi connectivity index (χ1n) is 8.83. The topological polar surface area (TPSA) is 115 Å². The van der Waals surface area contributed by atoms with Gasteiger partial charge in [0.15, 0.2) is 0 Å². The van der Waals surface area contributed by atoms with E-state index in [2.05, 4.69) is 15.3 Å². The first-order chi connectivity index (χ1) is 13.8. The molecule has 29 heavy (non-hydrogen) atoms. The summed E-state index contributed by atoms with van der Waals surface area (Å²) in [4.78, 5) is 43.6. The summed E-state index contributed by atoms with van der Waals surface area (Å²) in [6.07, 6.45) is 0.530. The highest BCUT2D eigenvalue weighted by molar-refractivity contribution is 6.30. The van der Waals surface area contributed by atoms with E-state index in [1.807, 2.05) is 0 Å². The number of nitrogens with one attached hydrogen (secondary N) is 2. The molecule has 0 spiro atoms. The van der Waals surface area contributed by atoms with Gasteiger partial charge in [-0.1, -0.05) is 23.7 Å². The Morgan fingerprint density at radius 2 is 1.97 bits per heavy atom. The quantitative estimate of drug-likeness (QED) is 0.572. The van der Waals surface area contributed by atoms with Crippen LogP contribution in [0.25, 0.3) is 10.9 Å². The Labute approximate surface area is 171 Å². The predicted molar refractivity (Wildman–Crippen MR) is 110 cm³/mol. The fraction of sp³-hybridized carbons (Fsp3) is 0.200. The van der Waals surface area contributed by atoms with Crippen molar-refractivity contribution in [1.82, 2.24) is 14.9 Å². The summed E-state index contributed by atoms with van der Waals surface area (Å²) in [6.45, 7) is 0.185. The molecule has 2 aromatic carbocycles. The number of H-pyrrole nitrogens is 1. The summed E-state index contributed by atoms with van der Waals surface area (Å²) in [5.41, 5.74) is 1.41. The van der Waals surface area contributed by atoms with Crippen molar-refractivity contribution in [2.45, 2.75) is 12.3 Å². The number of amides is 2. The second-order valence-electron chi connectivity index (χ2n) is 6.55. The number of carboxylic acid groups (broad SMARTS) is 1. The lowest BCUT2D eigenvalue weighted by Gasteiger charge is -2.20. The minimum Gasteiger partial charge on any atom is -0.465 e. The highest BCUT2D eigenvalue weighted by Crippen LogP contribution is 2.25. The van der Waals surface area contributed by atoms with Gasteiger partial charge < -0.3 is 20.3 Å². The van der Waals surface area contributed by atoms with Gasteiger partial charge in [0.2, 0.25) is 5.91 Å². The van der Waals surface area contributed by atoms with Crippen LogP contribution in [-0.2, 0) is 4.79 Å². The average molecular weight is 415 g/mol. The molecule has 0 radical (unpaired) electrons. The molecule has 150 valence electrons. The third kappa shape index (κ3) is 4.91. The van der Waals surface area contributed by atoms with E-state index in [4.69, 9.17) is 16.7 Å². The van der Waals surface area contributed by atoms with Gasteiger partial charge >= 0.3 is 6.09 Å². The summed E-state index contributed by atoms with van der Waals surface area (Å²) < 4.78 is 0. The first kappa shape index (κ1) is 20.3. The second-order valence-corrected chi connectivity index (χ2v) is 6.99. The molecule has 8 nitrogen and oxygen atoms in total. The minimum absolute atomic E-state index is 0.185. The molecule has 3 N–H and O–H groups in total. The third-order valence-corrected chi connectivity index (χ3v) is 4.83. The molecule has 0 aliphatic rings. The zero-order valence-electron chi connectivity index (χ0n) is 15.6. The fourth-order valence-corrected chi connectivity index (χ4v) is 3.06. The zero-order valence-corrected chi connectivity index (χ0v) is 16.3. The van der Waals surface area contributed by atoms with Gasteiger partial charge in [0.1, 0.15) is 0 Å². The van der Waals surface area contributed by atoms with Crippen LogP contribution in [0.4, 0.5) is 10.5 Å². The molecule has 1 atom stereocenters. The molecule has 2 amide bonds. The van der Waals surface area contributed by atoms with Crippen LogP contribution in [0, 0.1) is 0 Å². The van der Waals surface area contributed by atoms with Gasteiger partial charge in [-0.25, -0.2) is 9.78 Å². The number of halogens is 1. The van der Waals surface area contributed by atoms with E-state index in [1.165, 1.54) is 13.4 Å². The molecule has 0 saturated heterocycles. The molecule has 1 heterocycles. The Kier molecular flexibility index (Phi) is 6.13. The molecule has 3 rings (SSSR count). The Balaban J connectivity index is 1.84. The Morgan fingerprint density at radius 1 is 1.24 bits per heavy atom. The molecule has 0 saturated carbocycles. The molecule has 1 aromatic heterocycles. The Morgan fingerprint density at radius 3 is 2.66 bits per heavy atom. The fourth-order valence-electron chi connectivity index (χ4n) is 2.94. The van der Waals surface area contributed by atoms with Gasteiger partial charge in [0.05, 0.1) is 23.1 Å². The smallest absolute Gasteiger partial charge is 0.407 e. The lowest BCUT2D eigenvalue weighted by molar-refractivity contribution is -0.117. The molecule has 9 heteroatoms. The number of anilines is 1. The largest absolute Gasteiger partial charge is 0.465 e. The first-order valence-corrected chi connectivity index (χ1v) is 9.21. The Bertz CT molecular complexity index is 1100. The number of aromatic nitrogens is 2. The average Bonchev–Trinajstić information content (AvgIpc) is 2.69. The van der Waals surface area contributed by atoms with Crippen LogP contribution in [0.5, 0.6) is 0 Å². The van der Waals surface area contributed by atoms with Crippen molar-refractivity contribution in [3.8, 4) is 0 Å². The van der Waals surface area contributed by atoms with E-state index in [0.717, 1.165) is 10.5 Å². The van der Waals surface area contributed by atoms with Gasteiger partial charge in [-0.15, -0.1) is 0 Å². The van der Waals surface area contributed by atoms with Crippen LogP contribution in [0.1, 0.15) is 17.9 Å². The predicted octanol–water partition coefficient (Wildman–Crippen LogP) is 3.30. The van der Waals surface area contributed by atoms with Crippen LogP contribution >= 0.6 is 11.6 Å². The lowest BCUT2D eigenvalue weighted by atomic mass is 9.94. The molecule has 0 bridgehead atoms. The molecular formula is C20H19ClN4O4. The summed E-state index contributed by atoms with van der Waals surface area (Å²) in [6, 6.07) is 11.7. The third-order valence-electron chi connectivity index (χ3n) is 4.58. The van der Waals surface area contributed by atoms with E-state index in [1.54, 1.807) is 42.5 Å². The van der Waals surface area contributed by atoms with E-state index in [0.29, 0.717) is 28.0 Å². The van der Waals surface area contributed by atoms with Gasteiger partial charge in [-0.05, 0) is 42.3 Å². The molecule has 0 aliphatic heterocycles. The van der Waals surface area contributed by atoms with Gasteiger partial charge in [-0.3, -0.25) is 9.59 Å². The maximum Gasteiger partial charge on any atom is 0.407 e. The summed E-state index contributed by atoms with van der Waals surface area (Å²) in [5, 5.41) is 12.9. The molecule has 3 aromatic rings. The van der Waals surface area contributed by atoms with Crippen LogP contribution in [0.3, 0.4) is 0 Å². The molecule has 1 unspecified atom stereocenters. The van der Waals surface area contributed by atoms with Crippen molar-refractivity contribution in [1.29, 1.82) is 0 Å². The number of nitrogens with zero attached hydrogens (tertiary/aromatic N) is 2. The number of carbonyl (C=O) groups excluding carboxylic acids is 1. The number of benzene rings is 2. The number of carbonyl (C=O) groups is 2. The minimum atomic E-state index is -1.06. The normalized spacial score (nSPS) is 11.8. The van der Waals surface area contributed by atoms with Crippen molar-refractivity contribution >= 4 is 40.2 Å². The van der Waals surface area contributed by atoms with E-state index in [-0.39, 0.29) is 18.0 Å². The highest BCUT2D eigenvalue weighted by Gasteiger charge is 2.22. The van der Waals surface area contributed by atoms with Crippen molar-refractivity contribution < 1.29 is 14.7 Å². The number of hydrogen-bond donors (Lipinski definition) is 3. The standard InChI is InChI=1S/C20H19ClN4O4/c1-25(20(28)29)9-8-15(12-2-4-13(21)5-3-12)19(27)24-14-6-7-16-17(10-14)22-11-23-18(16)26/h2-7,10-11,15H,8-9H2,1H3,(H,24,27)(H,28,29)(H,22,23,26). The lowest BCUT2D eigenvalue weighted by Crippen LogP contribution is -2.30. The summed E-state index contributed by atoms with van der Waals surface area (Å²) in [7, 11) is 1.45. The SMILES string of the molecule is CN(CCC(C(=O)Nc1ccc2c(=O)[nH]cnc2c1)c1ccc(Cl)cc1)C(=O)O. The molecular weight excluding hydrogens is 396 g/mol. The van der Waals surface area contributed by atoms with Crippen LogP contribution in [0.2, 0.25) is 5.02 Å². The monoisotopic (exact) mass is 414 g/mol. The van der Waals surface area contributed by atoms with Gasteiger partial charge in [0.25, 0.3) is 5.56 Å². The van der Waals surface area contributed by atoms with Crippen molar-refractivity contribution in [3.63, 3.8) is 0 Å². The van der Waals surface area contributed by atoms with Crippen LogP contribution < -0.4 is 10.9 Å². The second kappa shape index (κ2) is 8.74. The number of rotatable bonds is 6. The van der Waals surface area contributed by atoms with Crippen molar-refractivity contribution in [3.05, 3.63) is 69.7 Å². The Hall–Kier alpha value is -3.39. The summed E-state index contributed by atoms with van der Waals surface area (Å²) in [5.74, 6) is -0.882. The van der Waals surface area contributed by atoms with E-state index < -0.39 is 12.0 Å².